The molecule has 3 rings (SSSR count). The number of benzene rings is 1. The third-order valence-corrected chi connectivity index (χ3v) is 3.77. The van der Waals surface area contributed by atoms with E-state index in [0.29, 0.717) is 16.2 Å². The van der Waals surface area contributed by atoms with E-state index in [-0.39, 0.29) is 0 Å². The third-order valence-electron chi connectivity index (χ3n) is 3.45. The Morgan fingerprint density at radius 3 is 2.76 bits per heavy atom. The van der Waals surface area contributed by atoms with Crippen molar-refractivity contribution in [2.45, 2.75) is 13.8 Å². The van der Waals surface area contributed by atoms with Crippen molar-refractivity contribution in [2.75, 3.05) is 7.11 Å². The topological polar surface area (TPSA) is 68.1 Å². The first-order valence-corrected chi connectivity index (χ1v) is 6.73. The largest absolute Gasteiger partial charge is 0.464 e. The van der Waals surface area contributed by atoms with E-state index >= 15 is 0 Å². The van der Waals surface area contributed by atoms with Crippen LogP contribution in [0.4, 0.5) is 0 Å². The molecule has 21 heavy (non-hydrogen) atoms. The standard InChI is InChI=1S/C15H13ClN2O3/c1-7-13(8(2)21-18-7)9-4-5-11(16)14-10(9)6-12(17-14)15(19)20-3/h4-6,17H,1-3H3. The number of fused-ring (bicyclic) bond motifs is 1. The Balaban J connectivity index is 2.32. The number of aryl methyl sites for hydroxylation is 2. The van der Waals surface area contributed by atoms with Gasteiger partial charge in [0.25, 0.3) is 0 Å². The predicted molar refractivity (Wildman–Crippen MR) is 79.6 cm³/mol. The quantitative estimate of drug-likeness (QED) is 0.729. The molecule has 2 aromatic heterocycles. The van der Waals surface area contributed by atoms with Crippen LogP contribution in [-0.4, -0.2) is 23.2 Å². The smallest absolute Gasteiger partial charge is 0.354 e. The second-order valence-corrected chi connectivity index (χ2v) is 5.16. The van der Waals surface area contributed by atoms with Crippen LogP contribution in [0.15, 0.2) is 22.7 Å². The molecule has 5 nitrogen and oxygen atoms in total. The number of esters is 1. The van der Waals surface area contributed by atoms with Crippen LogP contribution in [0.3, 0.4) is 0 Å². The summed E-state index contributed by atoms with van der Waals surface area (Å²) in [7, 11) is 1.34. The van der Waals surface area contributed by atoms with Crippen molar-refractivity contribution in [3.05, 3.63) is 40.4 Å². The Morgan fingerprint density at radius 1 is 1.38 bits per heavy atom. The minimum absolute atomic E-state index is 0.355. The number of nitrogens with zero attached hydrogens (tertiary/aromatic N) is 1. The first-order valence-electron chi connectivity index (χ1n) is 6.35. The van der Waals surface area contributed by atoms with E-state index in [2.05, 4.69) is 10.1 Å². The molecular weight excluding hydrogens is 292 g/mol. The molecule has 2 heterocycles. The van der Waals surface area contributed by atoms with Crippen molar-refractivity contribution in [1.82, 2.24) is 10.1 Å². The van der Waals surface area contributed by atoms with Crippen LogP contribution in [0.25, 0.3) is 22.0 Å². The molecule has 0 saturated carbocycles. The van der Waals surface area contributed by atoms with Gasteiger partial charge in [-0.3, -0.25) is 0 Å². The van der Waals surface area contributed by atoms with E-state index in [0.717, 1.165) is 28.0 Å². The summed E-state index contributed by atoms with van der Waals surface area (Å²) in [6.07, 6.45) is 0. The van der Waals surface area contributed by atoms with E-state index in [1.807, 2.05) is 19.9 Å². The normalized spacial score (nSPS) is 11.0. The lowest BCUT2D eigenvalue weighted by atomic mass is 10.0. The lowest BCUT2D eigenvalue weighted by Gasteiger charge is -2.03. The minimum atomic E-state index is -0.438. The summed E-state index contributed by atoms with van der Waals surface area (Å²) in [6.45, 7) is 3.73. The molecule has 0 aliphatic rings. The number of carbonyl (C=O) groups is 1. The van der Waals surface area contributed by atoms with Gasteiger partial charge in [-0.15, -0.1) is 0 Å². The molecule has 1 aromatic carbocycles. The Kier molecular flexibility index (Phi) is 3.22. The maximum Gasteiger partial charge on any atom is 0.354 e. The number of hydrogen-bond acceptors (Lipinski definition) is 4. The zero-order chi connectivity index (χ0) is 15.1. The van der Waals surface area contributed by atoms with Crippen LogP contribution < -0.4 is 0 Å². The molecule has 0 fully saturated rings. The van der Waals surface area contributed by atoms with Gasteiger partial charge >= 0.3 is 5.97 Å². The summed E-state index contributed by atoms with van der Waals surface area (Å²) in [5.74, 6) is 0.281. The van der Waals surface area contributed by atoms with Gasteiger partial charge in [0.2, 0.25) is 0 Å². The minimum Gasteiger partial charge on any atom is -0.464 e. The highest BCUT2D eigenvalue weighted by Gasteiger charge is 2.19. The molecule has 0 bridgehead atoms. The SMILES string of the molecule is COC(=O)c1cc2c(-c3c(C)noc3C)ccc(Cl)c2[nH]1. The number of rotatable bonds is 2. The highest BCUT2D eigenvalue weighted by Crippen LogP contribution is 2.36. The molecule has 3 aromatic rings. The van der Waals surface area contributed by atoms with Crippen LogP contribution in [0, 0.1) is 13.8 Å². The summed E-state index contributed by atoms with van der Waals surface area (Å²) in [5.41, 5.74) is 3.66. The highest BCUT2D eigenvalue weighted by atomic mass is 35.5. The Morgan fingerprint density at radius 2 is 2.14 bits per heavy atom. The number of aromatic nitrogens is 2. The van der Waals surface area contributed by atoms with Gasteiger partial charge in [-0.1, -0.05) is 22.8 Å². The Labute approximate surface area is 125 Å². The Hall–Kier alpha value is -2.27. The number of H-pyrrole nitrogens is 1. The van der Waals surface area contributed by atoms with Crippen molar-refractivity contribution in [3.63, 3.8) is 0 Å². The van der Waals surface area contributed by atoms with E-state index in [4.69, 9.17) is 20.9 Å². The summed E-state index contributed by atoms with van der Waals surface area (Å²) < 4.78 is 9.96. The van der Waals surface area contributed by atoms with E-state index < -0.39 is 5.97 Å². The van der Waals surface area contributed by atoms with Gasteiger partial charge in [-0.25, -0.2) is 4.79 Å². The lowest BCUT2D eigenvalue weighted by Crippen LogP contribution is -2.00. The summed E-state index contributed by atoms with van der Waals surface area (Å²) in [5, 5.41) is 5.34. The van der Waals surface area contributed by atoms with E-state index in [1.54, 1.807) is 12.1 Å². The zero-order valence-electron chi connectivity index (χ0n) is 11.8. The van der Waals surface area contributed by atoms with Gasteiger partial charge < -0.3 is 14.2 Å². The Bertz CT molecular complexity index is 829. The summed E-state index contributed by atoms with van der Waals surface area (Å²) in [4.78, 5) is 14.7. The first-order chi connectivity index (χ1) is 10.0. The number of hydrogen-bond donors (Lipinski definition) is 1. The molecule has 1 N–H and O–H groups in total. The molecule has 0 unspecified atom stereocenters. The van der Waals surface area contributed by atoms with Gasteiger partial charge in [-0.05, 0) is 31.5 Å². The van der Waals surface area contributed by atoms with Gasteiger partial charge in [0, 0.05) is 10.9 Å². The molecule has 0 amide bonds. The predicted octanol–water partition coefficient (Wildman–Crippen LogP) is 3.88. The van der Waals surface area contributed by atoms with Gasteiger partial charge in [0.1, 0.15) is 11.5 Å². The fraction of sp³-hybridized carbons (Fsp3) is 0.200. The van der Waals surface area contributed by atoms with E-state index in [1.165, 1.54) is 7.11 Å². The number of carbonyl (C=O) groups excluding carboxylic acids is 1. The molecule has 0 aliphatic carbocycles. The second-order valence-electron chi connectivity index (χ2n) is 4.76. The number of nitrogens with one attached hydrogen (secondary N) is 1. The van der Waals surface area contributed by atoms with Gasteiger partial charge in [0.15, 0.2) is 0 Å². The number of ether oxygens (including phenoxy) is 1. The molecule has 108 valence electrons. The van der Waals surface area contributed by atoms with Crippen LogP contribution >= 0.6 is 11.6 Å². The van der Waals surface area contributed by atoms with E-state index in [9.17, 15) is 4.79 Å². The van der Waals surface area contributed by atoms with Crippen molar-refractivity contribution in [2.24, 2.45) is 0 Å². The monoisotopic (exact) mass is 304 g/mol. The third kappa shape index (κ3) is 2.10. The fourth-order valence-corrected chi connectivity index (χ4v) is 2.70. The summed E-state index contributed by atoms with van der Waals surface area (Å²) >= 11 is 6.21. The zero-order valence-corrected chi connectivity index (χ0v) is 12.5. The highest BCUT2D eigenvalue weighted by molar-refractivity contribution is 6.35. The first kappa shape index (κ1) is 13.7. The summed E-state index contributed by atoms with van der Waals surface area (Å²) in [6, 6.07) is 5.41. The number of aromatic amines is 1. The molecule has 0 spiro atoms. The van der Waals surface area contributed by atoms with Crippen LogP contribution in [0.1, 0.15) is 21.9 Å². The average Bonchev–Trinajstić information content (AvgIpc) is 3.05. The number of halogens is 1. The average molecular weight is 305 g/mol. The molecule has 0 radical (unpaired) electrons. The number of methoxy groups -OCH3 is 1. The van der Waals surface area contributed by atoms with Crippen LogP contribution in [-0.2, 0) is 4.74 Å². The lowest BCUT2D eigenvalue weighted by molar-refractivity contribution is 0.0595. The van der Waals surface area contributed by atoms with Crippen LogP contribution in [0.5, 0.6) is 0 Å². The molecule has 0 aliphatic heterocycles. The fourth-order valence-electron chi connectivity index (χ4n) is 2.49. The van der Waals surface area contributed by atoms with Gasteiger partial charge in [-0.2, -0.15) is 0 Å². The van der Waals surface area contributed by atoms with Crippen molar-refractivity contribution in [1.29, 1.82) is 0 Å². The molecule has 0 atom stereocenters. The molecule has 0 saturated heterocycles. The van der Waals surface area contributed by atoms with Crippen molar-refractivity contribution in [3.8, 4) is 11.1 Å². The van der Waals surface area contributed by atoms with Crippen molar-refractivity contribution >= 4 is 28.5 Å². The van der Waals surface area contributed by atoms with Crippen molar-refractivity contribution < 1.29 is 14.1 Å². The molecule has 6 heteroatoms. The maximum absolute atomic E-state index is 11.7. The maximum atomic E-state index is 11.7. The van der Waals surface area contributed by atoms with Crippen LogP contribution in [0.2, 0.25) is 5.02 Å². The van der Waals surface area contributed by atoms with Gasteiger partial charge in [0.05, 0.1) is 23.3 Å². The second kappa shape index (κ2) is 4.93. The molecular formula is C15H13ClN2O3.